The van der Waals surface area contributed by atoms with Crippen molar-refractivity contribution in [3.8, 4) is 11.4 Å². The summed E-state index contributed by atoms with van der Waals surface area (Å²) in [6.07, 6.45) is 2.66. The van der Waals surface area contributed by atoms with Gasteiger partial charge in [-0.3, -0.25) is 9.36 Å². The van der Waals surface area contributed by atoms with Crippen molar-refractivity contribution < 1.29 is 9.47 Å². The van der Waals surface area contributed by atoms with Gasteiger partial charge >= 0.3 is 0 Å². The second kappa shape index (κ2) is 6.40. The summed E-state index contributed by atoms with van der Waals surface area (Å²) >= 11 is 3.04. The fourth-order valence-electron chi connectivity index (χ4n) is 3.27. The van der Waals surface area contributed by atoms with Gasteiger partial charge in [0.1, 0.15) is 10.6 Å². The Morgan fingerprint density at radius 3 is 2.69 bits per heavy atom. The highest BCUT2D eigenvalue weighted by molar-refractivity contribution is 7.98. The molecular formula is C19H20N2O3S2. The van der Waals surface area contributed by atoms with Crippen molar-refractivity contribution in [1.82, 2.24) is 9.55 Å². The van der Waals surface area contributed by atoms with Gasteiger partial charge in [-0.15, -0.1) is 11.3 Å². The number of rotatable bonds is 3. The summed E-state index contributed by atoms with van der Waals surface area (Å²) in [7, 11) is 1.63. The molecule has 2 aromatic heterocycles. The van der Waals surface area contributed by atoms with Gasteiger partial charge in [-0.2, -0.15) is 0 Å². The molecule has 1 aliphatic heterocycles. The molecule has 136 valence electrons. The molecule has 26 heavy (non-hydrogen) atoms. The number of methoxy groups -OCH3 is 1. The molecule has 5 nitrogen and oxygen atoms in total. The van der Waals surface area contributed by atoms with Gasteiger partial charge in [0.25, 0.3) is 5.56 Å². The van der Waals surface area contributed by atoms with E-state index in [0.29, 0.717) is 11.8 Å². The molecular weight excluding hydrogens is 368 g/mol. The van der Waals surface area contributed by atoms with E-state index in [1.807, 2.05) is 30.5 Å². The number of benzene rings is 1. The second-order valence-electron chi connectivity index (χ2n) is 6.85. The van der Waals surface area contributed by atoms with Gasteiger partial charge in [-0.05, 0) is 49.9 Å². The molecule has 4 rings (SSSR count). The van der Waals surface area contributed by atoms with Crippen molar-refractivity contribution in [2.45, 2.75) is 37.6 Å². The SMILES string of the molecule is COc1ccc(-n2c(SC)nc3sc4c(c3c2=O)CC(C)(C)OC4)cc1. The number of nitrogens with zero attached hydrogens (tertiary/aromatic N) is 2. The van der Waals surface area contributed by atoms with E-state index in [1.54, 1.807) is 23.0 Å². The van der Waals surface area contributed by atoms with E-state index >= 15 is 0 Å². The van der Waals surface area contributed by atoms with Crippen LogP contribution in [0.1, 0.15) is 24.3 Å². The number of thiophene rings is 1. The van der Waals surface area contributed by atoms with Crippen LogP contribution in [0.2, 0.25) is 0 Å². The van der Waals surface area contributed by atoms with E-state index in [9.17, 15) is 4.79 Å². The standard InChI is InChI=1S/C19H20N2O3S2/c1-19(2)9-13-14(10-24-19)26-16-15(13)17(22)21(18(20-16)25-4)11-5-7-12(23-3)8-6-11/h5-8H,9-10H2,1-4H3. The zero-order chi connectivity index (χ0) is 18.5. The first kappa shape index (κ1) is 17.6. The fraction of sp³-hybridized carbons (Fsp3) is 0.368. The molecule has 0 fully saturated rings. The molecule has 0 saturated heterocycles. The van der Waals surface area contributed by atoms with E-state index < -0.39 is 0 Å². The van der Waals surface area contributed by atoms with Crippen molar-refractivity contribution in [2.24, 2.45) is 0 Å². The number of fused-ring (bicyclic) bond motifs is 3. The largest absolute Gasteiger partial charge is 0.497 e. The first-order valence-electron chi connectivity index (χ1n) is 8.33. The Hall–Kier alpha value is -1.83. The van der Waals surface area contributed by atoms with Crippen LogP contribution in [-0.4, -0.2) is 28.5 Å². The molecule has 0 amide bonds. The van der Waals surface area contributed by atoms with Crippen LogP contribution in [0.5, 0.6) is 5.75 Å². The van der Waals surface area contributed by atoms with Gasteiger partial charge in [0.05, 0.1) is 30.4 Å². The number of hydrogen-bond acceptors (Lipinski definition) is 6. The van der Waals surface area contributed by atoms with Crippen LogP contribution in [-0.2, 0) is 17.8 Å². The first-order valence-corrected chi connectivity index (χ1v) is 10.4. The lowest BCUT2D eigenvalue weighted by atomic mass is 9.94. The van der Waals surface area contributed by atoms with Gasteiger partial charge in [-0.25, -0.2) is 4.98 Å². The quantitative estimate of drug-likeness (QED) is 0.501. The summed E-state index contributed by atoms with van der Waals surface area (Å²) in [5.74, 6) is 0.758. The fourth-order valence-corrected chi connectivity index (χ4v) is 4.97. The maximum absolute atomic E-state index is 13.5. The van der Waals surface area contributed by atoms with E-state index in [4.69, 9.17) is 14.5 Å². The van der Waals surface area contributed by atoms with E-state index in [-0.39, 0.29) is 11.2 Å². The molecule has 1 aliphatic rings. The summed E-state index contributed by atoms with van der Waals surface area (Å²) in [6.45, 7) is 4.66. The number of ether oxygens (including phenoxy) is 2. The molecule has 0 spiro atoms. The molecule has 0 radical (unpaired) electrons. The minimum absolute atomic E-state index is 0.0142. The van der Waals surface area contributed by atoms with Crippen LogP contribution in [0.3, 0.4) is 0 Å². The van der Waals surface area contributed by atoms with Gasteiger partial charge < -0.3 is 9.47 Å². The van der Waals surface area contributed by atoms with E-state index in [2.05, 4.69) is 13.8 Å². The summed E-state index contributed by atoms with van der Waals surface area (Å²) < 4.78 is 12.8. The molecule has 0 N–H and O–H groups in total. The topological polar surface area (TPSA) is 53.4 Å². The average Bonchev–Trinajstić information content (AvgIpc) is 2.98. The van der Waals surface area contributed by atoms with Gasteiger partial charge in [0, 0.05) is 11.3 Å². The molecule has 7 heteroatoms. The van der Waals surface area contributed by atoms with Crippen molar-refractivity contribution in [2.75, 3.05) is 13.4 Å². The monoisotopic (exact) mass is 388 g/mol. The van der Waals surface area contributed by atoms with E-state index in [0.717, 1.165) is 38.5 Å². The number of hydrogen-bond donors (Lipinski definition) is 0. The maximum atomic E-state index is 13.5. The Labute approximate surface area is 160 Å². The van der Waals surface area contributed by atoms with E-state index in [1.165, 1.54) is 11.8 Å². The van der Waals surface area contributed by atoms with Crippen LogP contribution in [0.15, 0.2) is 34.2 Å². The summed E-state index contributed by atoms with van der Waals surface area (Å²) in [5.41, 5.74) is 1.60. The minimum Gasteiger partial charge on any atom is -0.497 e. The zero-order valence-electron chi connectivity index (χ0n) is 15.2. The normalized spacial score (nSPS) is 15.8. The third-order valence-corrected chi connectivity index (χ3v) is 6.33. The molecule has 3 aromatic rings. The Balaban J connectivity index is 1.98. The minimum atomic E-state index is -0.267. The van der Waals surface area contributed by atoms with Gasteiger partial charge in [0.2, 0.25) is 0 Å². The Bertz CT molecular complexity index is 1040. The maximum Gasteiger partial charge on any atom is 0.267 e. The molecule has 0 bridgehead atoms. The van der Waals surface area contributed by atoms with Crippen LogP contribution in [0.25, 0.3) is 15.9 Å². The molecule has 0 aliphatic carbocycles. The third kappa shape index (κ3) is 2.84. The lowest BCUT2D eigenvalue weighted by Crippen LogP contribution is -2.32. The lowest BCUT2D eigenvalue weighted by molar-refractivity contribution is -0.0379. The third-order valence-electron chi connectivity index (χ3n) is 4.59. The second-order valence-corrected chi connectivity index (χ2v) is 8.70. The van der Waals surface area contributed by atoms with Crippen molar-refractivity contribution in [1.29, 1.82) is 0 Å². The highest BCUT2D eigenvalue weighted by Gasteiger charge is 2.31. The first-order chi connectivity index (χ1) is 12.4. The van der Waals surface area contributed by atoms with Gasteiger partial charge in [0.15, 0.2) is 5.16 Å². The molecule has 1 aromatic carbocycles. The zero-order valence-corrected chi connectivity index (χ0v) is 16.8. The number of aromatic nitrogens is 2. The van der Waals surface area contributed by atoms with Crippen LogP contribution in [0, 0.1) is 0 Å². The highest BCUT2D eigenvalue weighted by atomic mass is 32.2. The molecule has 3 heterocycles. The summed E-state index contributed by atoms with van der Waals surface area (Å²) in [5, 5.41) is 1.42. The molecule has 0 unspecified atom stereocenters. The molecule has 0 saturated carbocycles. The van der Waals surface area contributed by atoms with Crippen LogP contribution >= 0.6 is 23.1 Å². The smallest absolute Gasteiger partial charge is 0.267 e. The van der Waals surface area contributed by atoms with Crippen LogP contribution in [0.4, 0.5) is 0 Å². The predicted molar refractivity (Wildman–Crippen MR) is 106 cm³/mol. The Morgan fingerprint density at radius 1 is 1.31 bits per heavy atom. The van der Waals surface area contributed by atoms with Crippen molar-refractivity contribution in [3.63, 3.8) is 0 Å². The summed E-state index contributed by atoms with van der Waals surface area (Å²) in [6, 6.07) is 7.49. The van der Waals surface area contributed by atoms with Crippen molar-refractivity contribution >= 4 is 33.3 Å². The van der Waals surface area contributed by atoms with Crippen molar-refractivity contribution in [3.05, 3.63) is 45.1 Å². The van der Waals surface area contributed by atoms with Crippen LogP contribution < -0.4 is 10.3 Å². The summed E-state index contributed by atoms with van der Waals surface area (Å²) in [4.78, 5) is 20.2. The lowest BCUT2D eigenvalue weighted by Gasteiger charge is -2.29. The van der Waals surface area contributed by atoms with Gasteiger partial charge in [-0.1, -0.05) is 11.8 Å². The Morgan fingerprint density at radius 2 is 2.04 bits per heavy atom. The predicted octanol–water partition coefficient (Wildman–Crippen LogP) is 4.03. The number of thioether (sulfide) groups is 1. The Kier molecular flexibility index (Phi) is 4.33. The highest BCUT2D eigenvalue weighted by Crippen LogP contribution is 2.37. The average molecular weight is 389 g/mol. The molecule has 0 atom stereocenters.